The highest BCUT2D eigenvalue weighted by Gasteiger charge is 2.33. The Labute approximate surface area is 145 Å². The summed E-state index contributed by atoms with van der Waals surface area (Å²) in [5.74, 6) is 0.0150. The lowest BCUT2D eigenvalue weighted by Gasteiger charge is -2.33. The summed E-state index contributed by atoms with van der Waals surface area (Å²) >= 11 is 0. The smallest absolute Gasteiger partial charge is 0.377 e. The molecule has 26 heavy (non-hydrogen) atoms. The van der Waals surface area contributed by atoms with E-state index in [2.05, 4.69) is 10.1 Å². The van der Waals surface area contributed by atoms with E-state index in [0.29, 0.717) is 18.2 Å². The molecule has 2 aromatic rings. The van der Waals surface area contributed by atoms with Gasteiger partial charge in [0.05, 0.1) is 18.8 Å². The zero-order chi connectivity index (χ0) is 18.9. The summed E-state index contributed by atoms with van der Waals surface area (Å²) in [5.41, 5.74) is -1.70. The number of hydrogen-bond donors (Lipinski definition) is 0. The molecule has 1 amide bonds. The number of aryl methyl sites for hydroxylation is 1. The van der Waals surface area contributed by atoms with Crippen molar-refractivity contribution < 1.29 is 27.2 Å². The maximum Gasteiger partial charge on any atom is 0.417 e. The second-order valence-electron chi connectivity index (χ2n) is 5.73. The molecule has 3 rings (SSSR count). The molecular weight excluding hydrogens is 357 g/mol. The highest BCUT2D eigenvalue weighted by Crippen LogP contribution is 2.28. The third-order valence-electron chi connectivity index (χ3n) is 3.91. The molecule has 140 valence electrons. The Morgan fingerprint density at radius 2 is 2.15 bits per heavy atom. The van der Waals surface area contributed by atoms with Crippen molar-refractivity contribution in [2.45, 2.75) is 25.7 Å². The van der Waals surface area contributed by atoms with E-state index in [1.807, 2.05) is 0 Å². The maximum absolute atomic E-state index is 12.8. The lowest BCUT2D eigenvalue weighted by Crippen LogP contribution is -2.46. The van der Waals surface area contributed by atoms with Crippen molar-refractivity contribution in [3.05, 3.63) is 46.0 Å². The molecule has 11 heteroatoms. The highest BCUT2D eigenvalue weighted by atomic mass is 19.4. The van der Waals surface area contributed by atoms with Crippen LogP contribution in [-0.2, 0) is 22.3 Å². The molecule has 1 fully saturated rings. The predicted molar refractivity (Wildman–Crippen MR) is 80.0 cm³/mol. The fraction of sp³-hybridized carbons (Fsp3) is 0.467. The monoisotopic (exact) mass is 372 g/mol. The first kappa shape index (κ1) is 18.1. The molecule has 1 saturated heterocycles. The molecule has 0 N–H and O–H groups in total. The molecule has 1 aliphatic heterocycles. The van der Waals surface area contributed by atoms with Gasteiger partial charge in [-0.15, -0.1) is 0 Å². The molecule has 8 nitrogen and oxygen atoms in total. The van der Waals surface area contributed by atoms with Crippen molar-refractivity contribution in [1.29, 1.82) is 0 Å². The number of ether oxygens (including phenoxy) is 1. The second kappa shape index (κ2) is 6.90. The minimum absolute atomic E-state index is 0.127. The predicted octanol–water partition coefficient (Wildman–Crippen LogP) is 1.16. The van der Waals surface area contributed by atoms with Crippen molar-refractivity contribution in [3.8, 4) is 0 Å². The van der Waals surface area contributed by atoms with Gasteiger partial charge in [0.25, 0.3) is 5.56 Å². The number of rotatable bonds is 3. The van der Waals surface area contributed by atoms with Crippen molar-refractivity contribution >= 4 is 5.91 Å². The van der Waals surface area contributed by atoms with Crippen LogP contribution in [0.5, 0.6) is 0 Å². The molecule has 0 aliphatic carbocycles. The van der Waals surface area contributed by atoms with E-state index in [1.54, 1.807) is 6.92 Å². The SMILES string of the molecule is Cc1nc(C2COCCN2C(=O)Cn2cc(C(F)(F)F)ccc2=O)no1. The van der Waals surface area contributed by atoms with E-state index >= 15 is 0 Å². The van der Waals surface area contributed by atoms with Crippen molar-refractivity contribution in [3.63, 3.8) is 0 Å². The van der Waals surface area contributed by atoms with E-state index in [9.17, 15) is 22.8 Å². The Bertz CT molecular complexity index is 861. The van der Waals surface area contributed by atoms with Crippen LogP contribution in [-0.4, -0.2) is 45.3 Å². The van der Waals surface area contributed by atoms with Gasteiger partial charge in [0.1, 0.15) is 12.6 Å². The number of alkyl halides is 3. The van der Waals surface area contributed by atoms with Crippen LogP contribution in [0.2, 0.25) is 0 Å². The number of morpholine rings is 1. The van der Waals surface area contributed by atoms with Gasteiger partial charge < -0.3 is 18.7 Å². The minimum atomic E-state index is -4.61. The first-order chi connectivity index (χ1) is 12.3. The maximum atomic E-state index is 12.8. The molecule has 0 bridgehead atoms. The summed E-state index contributed by atoms with van der Waals surface area (Å²) < 4.78 is 49.4. The van der Waals surface area contributed by atoms with Gasteiger partial charge in [-0.25, -0.2) is 0 Å². The van der Waals surface area contributed by atoms with Gasteiger partial charge >= 0.3 is 6.18 Å². The number of hydrogen-bond acceptors (Lipinski definition) is 6. The zero-order valence-electron chi connectivity index (χ0n) is 13.7. The van der Waals surface area contributed by atoms with Crippen molar-refractivity contribution in [2.24, 2.45) is 0 Å². The van der Waals surface area contributed by atoms with E-state index in [4.69, 9.17) is 9.26 Å². The lowest BCUT2D eigenvalue weighted by atomic mass is 10.2. The van der Waals surface area contributed by atoms with E-state index in [-0.39, 0.29) is 25.6 Å². The van der Waals surface area contributed by atoms with Crippen LogP contribution in [0.1, 0.15) is 23.3 Å². The van der Waals surface area contributed by atoms with Gasteiger partial charge in [-0.2, -0.15) is 18.2 Å². The Kier molecular flexibility index (Phi) is 4.81. The number of carbonyl (C=O) groups is 1. The average Bonchev–Trinajstić information content (AvgIpc) is 3.02. The van der Waals surface area contributed by atoms with E-state index in [0.717, 1.165) is 10.6 Å². The Morgan fingerprint density at radius 3 is 2.81 bits per heavy atom. The summed E-state index contributed by atoms with van der Waals surface area (Å²) in [6, 6.07) is 0.841. The summed E-state index contributed by atoms with van der Waals surface area (Å²) in [6.45, 7) is 1.65. The number of aromatic nitrogens is 3. The fourth-order valence-corrected chi connectivity index (χ4v) is 2.63. The lowest BCUT2D eigenvalue weighted by molar-refractivity contribution is -0.142. The van der Waals surface area contributed by atoms with Gasteiger partial charge in [-0.1, -0.05) is 5.16 Å². The van der Waals surface area contributed by atoms with Crippen LogP contribution in [0.3, 0.4) is 0 Å². The van der Waals surface area contributed by atoms with Crippen molar-refractivity contribution in [1.82, 2.24) is 19.6 Å². The molecule has 0 saturated carbocycles. The van der Waals surface area contributed by atoms with Gasteiger partial charge in [0, 0.05) is 25.7 Å². The third-order valence-corrected chi connectivity index (χ3v) is 3.91. The second-order valence-corrected chi connectivity index (χ2v) is 5.73. The summed E-state index contributed by atoms with van der Waals surface area (Å²) in [6.07, 6.45) is -3.98. The summed E-state index contributed by atoms with van der Waals surface area (Å²) in [4.78, 5) is 29.9. The number of nitrogens with zero attached hydrogens (tertiary/aromatic N) is 4. The molecule has 1 unspecified atom stereocenters. The van der Waals surface area contributed by atoms with Crippen LogP contribution in [0, 0.1) is 6.92 Å². The molecule has 1 aliphatic rings. The fourth-order valence-electron chi connectivity index (χ4n) is 2.63. The summed E-state index contributed by atoms with van der Waals surface area (Å²) in [5, 5.41) is 3.77. The van der Waals surface area contributed by atoms with Gasteiger partial charge in [-0.3, -0.25) is 9.59 Å². The topological polar surface area (TPSA) is 90.5 Å². The number of amides is 1. The Balaban J connectivity index is 1.83. The van der Waals surface area contributed by atoms with Gasteiger partial charge in [0.15, 0.2) is 5.82 Å². The average molecular weight is 372 g/mol. The normalized spacial score (nSPS) is 18.2. The zero-order valence-corrected chi connectivity index (χ0v) is 13.7. The first-order valence-corrected chi connectivity index (χ1v) is 7.71. The van der Waals surface area contributed by atoms with Gasteiger partial charge in [0.2, 0.25) is 11.8 Å². The quantitative estimate of drug-likeness (QED) is 0.803. The highest BCUT2D eigenvalue weighted by molar-refractivity contribution is 5.76. The van der Waals surface area contributed by atoms with E-state index < -0.39 is 35.8 Å². The van der Waals surface area contributed by atoms with Crippen LogP contribution >= 0.6 is 0 Å². The summed E-state index contributed by atoms with van der Waals surface area (Å²) in [7, 11) is 0. The number of pyridine rings is 1. The van der Waals surface area contributed by atoms with Crippen LogP contribution in [0.4, 0.5) is 13.2 Å². The van der Waals surface area contributed by atoms with Crippen LogP contribution in [0.25, 0.3) is 0 Å². The van der Waals surface area contributed by atoms with E-state index in [1.165, 1.54) is 4.90 Å². The van der Waals surface area contributed by atoms with Crippen LogP contribution < -0.4 is 5.56 Å². The molecule has 0 spiro atoms. The largest absolute Gasteiger partial charge is 0.417 e. The molecule has 3 heterocycles. The molecule has 1 atom stereocenters. The Morgan fingerprint density at radius 1 is 1.38 bits per heavy atom. The Hall–Kier alpha value is -2.69. The standard InChI is InChI=1S/C15H15F3N4O4/c1-9-19-14(20-26-9)11-8-25-5-4-22(11)13(24)7-21-6-10(15(16,17)18)2-3-12(21)23/h2-3,6,11H,4-5,7-8H2,1H3. The third kappa shape index (κ3) is 3.77. The number of halogens is 3. The molecule has 0 aromatic carbocycles. The van der Waals surface area contributed by atoms with Crippen molar-refractivity contribution in [2.75, 3.05) is 19.8 Å². The minimum Gasteiger partial charge on any atom is -0.377 e. The first-order valence-electron chi connectivity index (χ1n) is 7.71. The molecule has 2 aromatic heterocycles. The van der Waals surface area contributed by atoms with Gasteiger partial charge in [-0.05, 0) is 6.07 Å². The number of carbonyl (C=O) groups excluding carboxylic acids is 1. The van der Waals surface area contributed by atoms with Crippen LogP contribution in [0.15, 0.2) is 27.6 Å². The molecular formula is C15H15F3N4O4. The molecule has 0 radical (unpaired) electrons.